The molecule has 0 spiro atoms. The van der Waals surface area contributed by atoms with Gasteiger partial charge in [0, 0.05) is 12.1 Å². The van der Waals surface area contributed by atoms with E-state index in [0.717, 1.165) is 32.2 Å². The van der Waals surface area contributed by atoms with Crippen LogP contribution < -0.4 is 22.9 Å². The minimum Gasteiger partial charge on any atom is -0.330 e. The highest BCUT2D eigenvalue weighted by Gasteiger charge is 2.29. The van der Waals surface area contributed by atoms with Crippen molar-refractivity contribution in [2.24, 2.45) is 28.3 Å². The molecule has 0 radical (unpaired) electrons. The average molecular weight is 216 g/mol. The molecule has 0 aliphatic heterocycles. The van der Waals surface area contributed by atoms with Crippen LogP contribution >= 0.6 is 0 Å². The van der Waals surface area contributed by atoms with Gasteiger partial charge in [0.05, 0.1) is 0 Å². The van der Waals surface area contributed by atoms with Gasteiger partial charge >= 0.3 is 0 Å². The predicted molar refractivity (Wildman–Crippen MR) is 66.3 cm³/mol. The Morgan fingerprint density at radius 1 is 1.00 bits per heavy atom. The molecule has 0 fully saturated rings. The molecule has 0 aromatic carbocycles. The summed E-state index contributed by atoms with van der Waals surface area (Å²) in [5.41, 5.74) is 23.2. The van der Waals surface area contributed by atoms with Crippen LogP contribution in [0.4, 0.5) is 0 Å². The van der Waals surface area contributed by atoms with Gasteiger partial charge in [-0.3, -0.25) is 0 Å². The maximum atomic E-state index is 6.09. The molecule has 15 heavy (non-hydrogen) atoms. The van der Waals surface area contributed by atoms with Crippen LogP contribution in [0.1, 0.15) is 39.5 Å². The minimum absolute atomic E-state index is 0.0274. The van der Waals surface area contributed by atoms with E-state index in [2.05, 4.69) is 13.8 Å². The maximum absolute atomic E-state index is 6.09. The second kappa shape index (κ2) is 7.17. The molecule has 0 saturated heterocycles. The fraction of sp³-hybridized carbons (Fsp3) is 1.00. The zero-order valence-electron chi connectivity index (χ0n) is 10.2. The van der Waals surface area contributed by atoms with E-state index < -0.39 is 0 Å². The molecule has 0 rings (SSSR count). The van der Waals surface area contributed by atoms with Crippen molar-refractivity contribution < 1.29 is 0 Å². The summed E-state index contributed by atoms with van der Waals surface area (Å²) in [7, 11) is 0. The number of hydrogen-bond donors (Lipinski definition) is 4. The summed E-state index contributed by atoms with van der Waals surface area (Å²) < 4.78 is 0. The lowest BCUT2D eigenvalue weighted by Crippen LogP contribution is -2.53. The lowest BCUT2D eigenvalue weighted by molar-refractivity contribution is 0.252. The average Bonchev–Trinajstić information content (AvgIpc) is 2.23. The van der Waals surface area contributed by atoms with Crippen molar-refractivity contribution in [1.29, 1.82) is 0 Å². The van der Waals surface area contributed by atoms with Crippen LogP contribution in [-0.2, 0) is 0 Å². The van der Waals surface area contributed by atoms with E-state index in [1.807, 2.05) is 0 Å². The zero-order valence-corrected chi connectivity index (χ0v) is 10.2. The smallest absolute Gasteiger partial charge is 0.0256 e. The van der Waals surface area contributed by atoms with Crippen molar-refractivity contribution in [1.82, 2.24) is 0 Å². The summed E-state index contributed by atoms with van der Waals surface area (Å²) >= 11 is 0. The minimum atomic E-state index is -0.0761. The first-order chi connectivity index (χ1) is 6.95. The first kappa shape index (κ1) is 14.8. The predicted octanol–water partition coefficient (Wildman–Crippen LogP) is 0.145. The molecule has 4 heteroatoms. The second-order valence-corrected chi connectivity index (χ2v) is 5.02. The van der Waals surface area contributed by atoms with Gasteiger partial charge in [0.25, 0.3) is 0 Å². The van der Waals surface area contributed by atoms with Gasteiger partial charge in [-0.2, -0.15) is 0 Å². The molecule has 0 saturated carbocycles. The molecule has 0 amide bonds. The van der Waals surface area contributed by atoms with Gasteiger partial charge < -0.3 is 22.9 Å². The zero-order chi connectivity index (χ0) is 11.9. The third-order valence-corrected chi connectivity index (χ3v) is 3.13. The Morgan fingerprint density at radius 3 is 2.07 bits per heavy atom. The highest BCUT2D eigenvalue weighted by atomic mass is 14.8. The molecule has 0 aromatic heterocycles. The molecule has 0 bridgehead atoms. The summed E-state index contributed by atoms with van der Waals surface area (Å²) in [6, 6.07) is 0.0155. The number of unbranched alkanes of at least 4 members (excludes halogenated alkanes) is 2. The second-order valence-electron chi connectivity index (χ2n) is 5.02. The standard InChI is InChI=1S/C11H28N4/c1-11(2,8-13)10(15)9(14)6-4-3-5-7-12/h9-10H,3-8,12-15H2,1-2H3. The van der Waals surface area contributed by atoms with Crippen molar-refractivity contribution in [2.45, 2.75) is 51.6 Å². The fourth-order valence-corrected chi connectivity index (χ4v) is 1.60. The molecule has 0 aromatic rings. The maximum Gasteiger partial charge on any atom is 0.0256 e. The van der Waals surface area contributed by atoms with E-state index in [4.69, 9.17) is 22.9 Å². The molecule has 0 aliphatic carbocycles. The molecule has 0 aliphatic rings. The first-order valence-electron chi connectivity index (χ1n) is 5.87. The van der Waals surface area contributed by atoms with Crippen LogP contribution in [0.2, 0.25) is 0 Å². The number of nitrogens with two attached hydrogens (primary N) is 4. The van der Waals surface area contributed by atoms with Gasteiger partial charge in [-0.05, 0) is 31.3 Å². The quantitative estimate of drug-likeness (QED) is 0.433. The Kier molecular flexibility index (Phi) is 7.09. The summed E-state index contributed by atoms with van der Waals surface area (Å²) in [4.78, 5) is 0. The molecular formula is C11H28N4. The van der Waals surface area contributed by atoms with E-state index in [9.17, 15) is 0 Å². The van der Waals surface area contributed by atoms with E-state index in [1.165, 1.54) is 0 Å². The third kappa shape index (κ3) is 5.47. The van der Waals surface area contributed by atoms with Crippen LogP contribution in [0.5, 0.6) is 0 Å². The summed E-state index contributed by atoms with van der Waals surface area (Å²) in [5.74, 6) is 0. The monoisotopic (exact) mass is 216 g/mol. The van der Waals surface area contributed by atoms with Crippen molar-refractivity contribution in [2.75, 3.05) is 13.1 Å². The van der Waals surface area contributed by atoms with Crippen molar-refractivity contribution in [3.8, 4) is 0 Å². The number of hydrogen-bond acceptors (Lipinski definition) is 4. The van der Waals surface area contributed by atoms with Crippen molar-refractivity contribution >= 4 is 0 Å². The van der Waals surface area contributed by atoms with Crippen molar-refractivity contribution in [3.05, 3.63) is 0 Å². The van der Waals surface area contributed by atoms with Crippen molar-refractivity contribution in [3.63, 3.8) is 0 Å². The Hall–Kier alpha value is -0.160. The highest BCUT2D eigenvalue weighted by molar-refractivity contribution is 4.89. The Bertz CT molecular complexity index is 159. The van der Waals surface area contributed by atoms with Gasteiger partial charge in [-0.1, -0.05) is 26.7 Å². The molecule has 2 atom stereocenters. The van der Waals surface area contributed by atoms with Crippen LogP contribution in [0.15, 0.2) is 0 Å². The van der Waals surface area contributed by atoms with Crippen LogP contribution in [0.3, 0.4) is 0 Å². The SMILES string of the molecule is CC(C)(CN)C(N)C(N)CCCCCN. The molecule has 2 unspecified atom stereocenters. The van der Waals surface area contributed by atoms with Gasteiger partial charge in [0.15, 0.2) is 0 Å². The fourth-order valence-electron chi connectivity index (χ4n) is 1.60. The topological polar surface area (TPSA) is 104 Å². The van der Waals surface area contributed by atoms with E-state index in [-0.39, 0.29) is 17.5 Å². The Labute approximate surface area is 93.7 Å². The van der Waals surface area contributed by atoms with E-state index >= 15 is 0 Å². The van der Waals surface area contributed by atoms with Crippen LogP contribution in [-0.4, -0.2) is 25.2 Å². The summed E-state index contributed by atoms with van der Waals surface area (Å²) in [6.45, 7) is 5.47. The molecular weight excluding hydrogens is 188 g/mol. The Morgan fingerprint density at radius 2 is 1.60 bits per heavy atom. The normalized spacial score (nSPS) is 16.4. The lowest BCUT2D eigenvalue weighted by Gasteiger charge is -2.34. The summed E-state index contributed by atoms with van der Waals surface area (Å²) in [6.07, 6.45) is 4.28. The van der Waals surface area contributed by atoms with Gasteiger partial charge in [-0.25, -0.2) is 0 Å². The lowest BCUT2D eigenvalue weighted by atomic mass is 9.80. The molecule has 4 nitrogen and oxygen atoms in total. The van der Waals surface area contributed by atoms with Gasteiger partial charge in [-0.15, -0.1) is 0 Å². The van der Waals surface area contributed by atoms with Gasteiger partial charge in [0.2, 0.25) is 0 Å². The van der Waals surface area contributed by atoms with Gasteiger partial charge in [0.1, 0.15) is 0 Å². The number of rotatable bonds is 8. The van der Waals surface area contributed by atoms with E-state index in [1.54, 1.807) is 0 Å². The third-order valence-electron chi connectivity index (χ3n) is 3.13. The summed E-state index contributed by atoms with van der Waals surface area (Å²) in [5, 5.41) is 0. The first-order valence-corrected chi connectivity index (χ1v) is 5.87. The molecule has 8 N–H and O–H groups in total. The molecule has 92 valence electrons. The van der Waals surface area contributed by atoms with Crippen LogP contribution in [0.25, 0.3) is 0 Å². The van der Waals surface area contributed by atoms with E-state index in [0.29, 0.717) is 6.54 Å². The Balaban J connectivity index is 3.83. The van der Waals surface area contributed by atoms with Crippen LogP contribution in [0, 0.1) is 5.41 Å². The largest absolute Gasteiger partial charge is 0.330 e. The molecule has 0 heterocycles. The highest BCUT2D eigenvalue weighted by Crippen LogP contribution is 2.20.